The van der Waals surface area contributed by atoms with E-state index in [1.54, 1.807) is 0 Å². The van der Waals surface area contributed by atoms with E-state index in [1.807, 2.05) is 18.3 Å². The summed E-state index contributed by atoms with van der Waals surface area (Å²) >= 11 is 3.66. The van der Waals surface area contributed by atoms with E-state index in [4.69, 9.17) is 0 Å². The van der Waals surface area contributed by atoms with Gasteiger partial charge >= 0.3 is 0 Å². The fraction of sp³-hybridized carbons (Fsp3) is 0.167. The van der Waals surface area contributed by atoms with Crippen LogP contribution in [0.1, 0.15) is 24.1 Å². The number of nitrogens with one attached hydrogen (secondary N) is 1. The van der Waals surface area contributed by atoms with Gasteiger partial charge in [0, 0.05) is 16.1 Å². The topological polar surface area (TPSA) is 24.9 Å². The van der Waals surface area contributed by atoms with Crippen molar-refractivity contribution in [3.63, 3.8) is 0 Å². The molecule has 0 saturated carbocycles. The molecule has 1 heterocycles. The quantitative estimate of drug-likeness (QED) is 0.744. The summed E-state index contributed by atoms with van der Waals surface area (Å²) in [5, 5.41) is 4.74. The lowest BCUT2D eigenvalue weighted by atomic mass is 9.97. The van der Waals surface area contributed by atoms with Crippen molar-refractivity contribution in [2.24, 2.45) is 0 Å². The van der Waals surface area contributed by atoms with Crippen LogP contribution in [0.5, 0.6) is 0 Å². The number of fused-ring (bicyclic) bond motifs is 1. The Hall–Kier alpha value is -1.71. The number of hydrogen-bond acceptors (Lipinski definition) is 2. The minimum Gasteiger partial charge on any atom is -0.306 e. The van der Waals surface area contributed by atoms with Crippen molar-refractivity contribution < 1.29 is 0 Å². The van der Waals surface area contributed by atoms with E-state index in [0.717, 1.165) is 16.5 Å². The van der Waals surface area contributed by atoms with Gasteiger partial charge in [-0.25, -0.2) is 0 Å². The molecule has 3 heteroatoms. The largest absolute Gasteiger partial charge is 0.306 e. The molecule has 0 aliphatic heterocycles. The Morgan fingerprint density at radius 1 is 1.10 bits per heavy atom. The van der Waals surface area contributed by atoms with Gasteiger partial charge in [-0.1, -0.05) is 53.2 Å². The number of pyridine rings is 1. The highest BCUT2D eigenvalue weighted by molar-refractivity contribution is 9.10. The van der Waals surface area contributed by atoms with E-state index in [0.29, 0.717) is 0 Å². The Labute approximate surface area is 133 Å². The summed E-state index contributed by atoms with van der Waals surface area (Å²) in [4.78, 5) is 4.39. The number of rotatable bonds is 4. The fourth-order valence-corrected chi connectivity index (χ4v) is 3.11. The van der Waals surface area contributed by atoms with Crippen molar-refractivity contribution in [1.82, 2.24) is 10.3 Å². The molecule has 0 amide bonds. The Balaban J connectivity index is 2.09. The second-order valence-electron chi connectivity index (χ2n) is 4.97. The molecule has 0 bridgehead atoms. The highest BCUT2D eigenvalue weighted by Crippen LogP contribution is 2.29. The molecule has 0 aliphatic carbocycles. The lowest BCUT2D eigenvalue weighted by molar-refractivity contribution is 0.629. The fourth-order valence-electron chi connectivity index (χ4n) is 2.59. The van der Waals surface area contributed by atoms with E-state index >= 15 is 0 Å². The van der Waals surface area contributed by atoms with Crippen molar-refractivity contribution in [2.45, 2.75) is 13.0 Å². The number of halogens is 1. The maximum Gasteiger partial charge on any atom is 0.0702 e. The van der Waals surface area contributed by atoms with Crippen LogP contribution in [0.2, 0.25) is 0 Å². The molecule has 1 aromatic heterocycles. The third kappa shape index (κ3) is 2.99. The van der Waals surface area contributed by atoms with Gasteiger partial charge in [-0.2, -0.15) is 0 Å². The van der Waals surface area contributed by atoms with Gasteiger partial charge in [0.05, 0.1) is 11.6 Å². The summed E-state index contributed by atoms with van der Waals surface area (Å²) in [5.74, 6) is 0. The summed E-state index contributed by atoms with van der Waals surface area (Å²) in [5.41, 5.74) is 3.54. The molecule has 1 N–H and O–H groups in total. The molecule has 21 heavy (non-hydrogen) atoms. The van der Waals surface area contributed by atoms with Crippen LogP contribution in [-0.2, 0) is 0 Å². The maximum atomic E-state index is 4.39. The molecule has 3 aromatic rings. The lowest BCUT2D eigenvalue weighted by Gasteiger charge is -2.20. The van der Waals surface area contributed by atoms with Gasteiger partial charge in [0.25, 0.3) is 0 Å². The smallest absolute Gasteiger partial charge is 0.0702 e. The van der Waals surface area contributed by atoms with Crippen molar-refractivity contribution in [2.75, 3.05) is 6.54 Å². The molecule has 3 rings (SSSR count). The Kier molecular flexibility index (Phi) is 4.32. The van der Waals surface area contributed by atoms with Crippen LogP contribution >= 0.6 is 15.9 Å². The van der Waals surface area contributed by atoms with Crippen molar-refractivity contribution in [1.29, 1.82) is 0 Å². The number of hydrogen-bond donors (Lipinski definition) is 1. The SMILES string of the molecule is CCNC(c1ccc2ncccc2c1)c1ccccc1Br. The van der Waals surface area contributed by atoms with E-state index in [-0.39, 0.29) is 6.04 Å². The standard InChI is InChI=1S/C18H17BrN2/c1-2-20-18(15-7-3-4-8-16(15)19)14-9-10-17-13(12-14)6-5-11-21-17/h3-12,18,20H,2H2,1H3. The Morgan fingerprint density at radius 3 is 2.76 bits per heavy atom. The summed E-state index contributed by atoms with van der Waals surface area (Å²) in [7, 11) is 0. The summed E-state index contributed by atoms with van der Waals surface area (Å²) < 4.78 is 1.13. The van der Waals surface area contributed by atoms with E-state index in [9.17, 15) is 0 Å². The van der Waals surface area contributed by atoms with Crippen LogP contribution in [0, 0.1) is 0 Å². The second-order valence-corrected chi connectivity index (χ2v) is 5.82. The van der Waals surface area contributed by atoms with Crippen LogP contribution < -0.4 is 5.32 Å². The molecule has 2 nitrogen and oxygen atoms in total. The predicted octanol–water partition coefficient (Wildman–Crippen LogP) is 4.70. The first-order chi connectivity index (χ1) is 10.3. The normalized spacial score (nSPS) is 12.5. The molecular weight excluding hydrogens is 324 g/mol. The van der Waals surface area contributed by atoms with Gasteiger partial charge in [-0.05, 0) is 41.9 Å². The van der Waals surface area contributed by atoms with E-state index in [1.165, 1.54) is 16.5 Å². The summed E-state index contributed by atoms with van der Waals surface area (Å²) in [6, 6.07) is 19.1. The van der Waals surface area contributed by atoms with Crippen molar-refractivity contribution in [3.05, 3.63) is 76.4 Å². The van der Waals surface area contributed by atoms with Gasteiger partial charge < -0.3 is 5.32 Å². The van der Waals surface area contributed by atoms with Crippen LogP contribution in [-0.4, -0.2) is 11.5 Å². The second kappa shape index (κ2) is 6.37. The highest BCUT2D eigenvalue weighted by atomic mass is 79.9. The molecule has 0 aliphatic rings. The molecule has 1 atom stereocenters. The highest BCUT2D eigenvalue weighted by Gasteiger charge is 2.15. The Bertz CT molecular complexity index is 755. The lowest BCUT2D eigenvalue weighted by Crippen LogP contribution is -2.22. The molecule has 0 fully saturated rings. The van der Waals surface area contributed by atoms with Crippen molar-refractivity contribution in [3.8, 4) is 0 Å². The van der Waals surface area contributed by atoms with Gasteiger partial charge in [-0.3, -0.25) is 4.98 Å². The first-order valence-electron chi connectivity index (χ1n) is 7.12. The van der Waals surface area contributed by atoms with E-state index < -0.39 is 0 Å². The van der Waals surface area contributed by atoms with E-state index in [2.05, 4.69) is 75.6 Å². The summed E-state index contributed by atoms with van der Waals surface area (Å²) in [6.07, 6.45) is 1.83. The third-order valence-electron chi connectivity index (χ3n) is 3.58. The average Bonchev–Trinajstić information content (AvgIpc) is 2.53. The minimum absolute atomic E-state index is 0.176. The van der Waals surface area contributed by atoms with Gasteiger partial charge in [0.1, 0.15) is 0 Å². The van der Waals surface area contributed by atoms with Crippen LogP contribution in [0.15, 0.2) is 65.3 Å². The summed E-state index contributed by atoms with van der Waals surface area (Å²) in [6.45, 7) is 3.05. The molecule has 0 radical (unpaired) electrons. The van der Waals surface area contributed by atoms with Gasteiger partial charge in [-0.15, -0.1) is 0 Å². The number of benzene rings is 2. The number of nitrogens with zero attached hydrogens (tertiary/aromatic N) is 1. The zero-order valence-electron chi connectivity index (χ0n) is 11.9. The third-order valence-corrected chi connectivity index (χ3v) is 4.31. The first kappa shape index (κ1) is 14.2. The molecule has 106 valence electrons. The average molecular weight is 341 g/mol. The number of aromatic nitrogens is 1. The van der Waals surface area contributed by atoms with Gasteiger partial charge in [0.15, 0.2) is 0 Å². The first-order valence-corrected chi connectivity index (χ1v) is 7.91. The monoisotopic (exact) mass is 340 g/mol. The molecule has 0 saturated heterocycles. The van der Waals surface area contributed by atoms with Gasteiger partial charge in [0.2, 0.25) is 0 Å². The predicted molar refractivity (Wildman–Crippen MR) is 91.4 cm³/mol. The maximum absolute atomic E-state index is 4.39. The minimum atomic E-state index is 0.176. The molecule has 1 unspecified atom stereocenters. The van der Waals surface area contributed by atoms with Crippen LogP contribution in [0.25, 0.3) is 10.9 Å². The zero-order chi connectivity index (χ0) is 14.7. The molecular formula is C18H17BrN2. The van der Waals surface area contributed by atoms with Crippen LogP contribution in [0.4, 0.5) is 0 Å². The van der Waals surface area contributed by atoms with Crippen LogP contribution in [0.3, 0.4) is 0 Å². The molecule has 0 spiro atoms. The molecule has 2 aromatic carbocycles. The zero-order valence-corrected chi connectivity index (χ0v) is 13.5. The van der Waals surface area contributed by atoms with Crippen molar-refractivity contribution >= 4 is 26.8 Å². The Morgan fingerprint density at radius 2 is 1.95 bits per heavy atom.